The number of hydrogen-bond donors (Lipinski definition) is 2. The minimum absolute atomic E-state index is 0.183. The number of aromatic nitrogens is 2. The molecule has 1 aromatic heterocycles. The topological polar surface area (TPSA) is 49.8 Å². The smallest absolute Gasteiger partial charge is 0.225 e. The second-order valence-corrected chi connectivity index (χ2v) is 4.47. The highest BCUT2D eigenvalue weighted by atomic mass is 15.1. The molecule has 4 heteroatoms. The van der Waals surface area contributed by atoms with Gasteiger partial charge in [-0.2, -0.15) is 4.98 Å². The molecule has 2 aromatic rings. The van der Waals surface area contributed by atoms with Crippen LogP contribution in [0, 0.1) is 0 Å². The van der Waals surface area contributed by atoms with E-state index in [1.54, 1.807) is 6.20 Å². The standard InChI is InChI=1S/C15H20N4/c1-3-10-16-14-9-11-17-15(19-14)18-12(2)13-7-5-4-6-8-13/h4-9,11-12H,3,10H2,1-2H3,(H2,16,17,18,19). The number of nitrogens with zero attached hydrogens (tertiary/aromatic N) is 2. The molecule has 19 heavy (non-hydrogen) atoms. The van der Waals surface area contributed by atoms with Crippen LogP contribution in [0.4, 0.5) is 11.8 Å². The molecule has 1 aromatic carbocycles. The average molecular weight is 256 g/mol. The summed E-state index contributed by atoms with van der Waals surface area (Å²) in [6.45, 7) is 5.15. The van der Waals surface area contributed by atoms with E-state index in [0.29, 0.717) is 5.95 Å². The Labute approximate surface area is 114 Å². The van der Waals surface area contributed by atoms with Crippen LogP contribution in [0.25, 0.3) is 0 Å². The van der Waals surface area contributed by atoms with E-state index in [1.807, 2.05) is 24.3 Å². The van der Waals surface area contributed by atoms with Gasteiger partial charge in [0, 0.05) is 12.7 Å². The summed E-state index contributed by atoms with van der Waals surface area (Å²) in [5, 5.41) is 6.57. The zero-order chi connectivity index (χ0) is 13.5. The fourth-order valence-electron chi connectivity index (χ4n) is 1.80. The minimum Gasteiger partial charge on any atom is -0.370 e. The number of benzene rings is 1. The molecule has 1 unspecified atom stereocenters. The van der Waals surface area contributed by atoms with Crippen molar-refractivity contribution >= 4 is 11.8 Å². The zero-order valence-corrected chi connectivity index (χ0v) is 11.4. The molecule has 0 aliphatic rings. The van der Waals surface area contributed by atoms with Gasteiger partial charge in [0.1, 0.15) is 5.82 Å². The maximum absolute atomic E-state index is 4.44. The predicted molar refractivity (Wildman–Crippen MR) is 79.3 cm³/mol. The fourth-order valence-corrected chi connectivity index (χ4v) is 1.80. The molecule has 1 heterocycles. The van der Waals surface area contributed by atoms with E-state index in [0.717, 1.165) is 18.8 Å². The van der Waals surface area contributed by atoms with Gasteiger partial charge in [-0.15, -0.1) is 0 Å². The molecule has 0 bridgehead atoms. The molecule has 0 aliphatic carbocycles. The first-order valence-corrected chi connectivity index (χ1v) is 6.68. The van der Waals surface area contributed by atoms with Crippen LogP contribution < -0.4 is 10.6 Å². The quantitative estimate of drug-likeness (QED) is 0.831. The first-order valence-electron chi connectivity index (χ1n) is 6.68. The Balaban J connectivity index is 2.02. The first-order chi connectivity index (χ1) is 9.29. The molecular weight excluding hydrogens is 236 g/mol. The number of rotatable bonds is 6. The second-order valence-electron chi connectivity index (χ2n) is 4.47. The highest BCUT2D eigenvalue weighted by Gasteiger charge is 2.06. The molecule has 0 amide bonds. The Hall–Kier alpha value is -2.10. The number of nitrogens with one attached hydrogen (secondary N) is 2. The summed E-state index contributed by atoms with van der Waals surface area (Å²) >= 11 is 0. The van der Waals surface area contributed by atoms with Crippen LogP contribution in [0.5, 0.6) is 0 Å². The average Bonchev–Trinajstić information content (AvgIpc) is 2.46. The summed E-state index contributed by atoms with van der Waals surface area (Å²) in [5.41, 5.74) is 1.22. The van der Waals surface area contributed by atoms with Gasteiger partial charge in [-0.05, 0) is 25.0 Å². The Morgan fingerprint density at radius 1 is 1.16 bits per heavy atom. The van der Waals surface area contributed by atoms with Crippen LogP contribution in [0.1, 0.15) is 31.9 Å². The summed E-state index contributed by atoms with van der Waals surface area (Å²) in [6, 6.07) is 12.3. The normalized spacial score (nSPS) is 11.9. The third kappa shape index (κ3) is 3.95. The van der Waals surface area contributed by atoms with Gasteiger partial charge in [0.05, 0.1) is 6.04 Å². The molecule has 100 valence electrons. The largest absolute Gasteiger partial charge is 0.370 e. The second kappa shape index (κ2) is 6.73. The molecule has 0 radical (unpaired) electrons. The van der Waals surface area contributed by atoms with Crippen LogP contribution >= 0.6 is 0 Å². The maximum atomic E-state index is 4.44. The van der Waals surface area contributed by atoms with Crippen LogP contribution in [-0.4, -0.2) is 16.5 Å². The van der Waals surface area contributed by atoms with Crippen molar-refractivity contribution in [1.82, 2.24) is 9.97 Å². The highest BCUT2D eigenvalue weighted by molar-refractivity contribution is 5.40. The van der Waals surface area contributed by atoms with Crippen molar-refractivity contribution in [2.45, 2.75) is 26.3 Å². The van der Waals surface area contributed by atoms with Crippen LogP contribution in [0.15, 0.2) is 42.6 Å². The molecule has 2 rings (SSSR count). The molecule has 0 saturated carbocycles. The lowest BCUT2D eigenvalue weighted by Crippen LogP contribution is -2.10. The van der Waals surface area contributed by atoms with Gasteiger partial charge in [0.15, 0.2) is 0 Å². The van der Waals surface area contributed by atoms with Crippen LogP contribution in [0.2, 0.25) is 0 Å². The maximum Gasteiger partial charge on any atom is 0.225 e. The van der Waals surface area contributed by atoms with Crippen molar-refractivity contribution in [2.24, 2.45) is 0 Å². The van der Waals surface area contributed by atoms with Crippen molar-refractivity contribution in [3.05, 3.63) is 48.2 Å². The molecular formula is C15H20N4. The van der Waals surface area contributed by atoms with E-state index < -0.39 is 0 Å². The SMILES string of the molecule is CCCNc1ccnc(NC(C)c2ccccc2)n1. The van der Waals surface area contributed by atoms with Crippen molar-refractivity contribution in [1.29, 1.82) is 0 Å². The van der Waals surface area contributed by atoms with E-state index >= 15 is 0 Å². The summed E-state index contributed by atoms with van der Waals surface area (Å²) < 4.78 is 0. The first kappa shape index (κ1) is 13.3. The van der Waals surface area contributed by atoms with Crippen LogP contribution in [0.3, 0.4) is 0 Å². The van der Waals surface area contributed by atoms with Crippen LogP contribution in [-0.2, 0) is 0 Å². The Morgan fingerprint density at radius 3 is 2.68 bits per heavy atom. The van der Waals surface area contributed by atoms with E-state index in [1.165, 1.54) is 5.56 Å². The van der Waals surface area contributed by atoms with Gasteiger partial charge >= 0.3 is 0 Å². The molecule has 0 saturated heterocycles. The third-order valence-electron chi connectivity index (χ3n) is 2.86. The summed E-state index contributed by atoms with van der Waals surface area (Å²) in [7, 11) is 0. The molecule has 0 fully saturated rings. The summed E-state index contributed by atoms with van der Waals surface area (Å²) in [5.74, 6) is 1.51. The summed E-state index contributed by atoms with van der Waals surface area (Å²) in [4.78, 5) is 8.69. The van der Waals surface area contributed by atoms with Crippen molar-refractivity contribution < 1.29 is 0 Å². The molecule has 4 nitrogen and oxygen atoms in total. The lowest BCUT2D eigenvalue weighted by molar-refractivity contribution is 0.859. The van der Waals surface area contributed by atoms with E-state index in [2.05, 4.69) is 46.6 Å². The molecule has 1 atom stereocenters. The van der Waals surface area contributed by atoms with Gasteiger partial charge in [0.2, 0.25) is 5.95 Å². The molecule has 0 spiro atoms. The van der Waals surface area contributed by atoms with Gasteiger partial charge < -0.3 is 10.6 Å². The monoisotopic (exact) mass is 256 g/mol. The van der Waals surface area contributed by atoms with Crippen molar-refractivity contribution in [3.8, 4) is 0 Å². The fraction of sp³-hybridized carbons (Fsp3) is 0.333. The highest BCUT2D eigenvalue weighted by Crippen LogP contribution is 2.16. The lowest BCUT2D eigenvalue weighted by atomic mass is 10.1. The zero-order valence-electron chi connectivity index (χ0n) is 11.4. The molecule has 2 N–H and O–H groups in total. The van der Waals surface area contributed by atoms with E-state index in [4.69, 9.17) is 0 Å². The van der Waals surface area contributed by atoms with E-state index in [-0.39, 0.29) is 6.04 Å². The Bertz CT molecular complexity index is 499. The lowest BCUT2D eigenvalue weighted by Gasteiger charge is -2.14. The van der Waals surface area contributed by atoms with Gasteiger partial charge in [-0.25, -0.2) is 4.98 Å². The van der Waals surface area contributed by atoms with Crippen molar-refractivity contribution in [3.63, 3.8) is 0 Å². The van der Waals surface area contributed by atoms with Gasteiger partial charge in [-0.3, -0.25) is 0 Å². The molecule has 0 aliphatic heterocycles. The summed E-state index contributed by atoms with van der Waals surface area (Å²) in [6.07, 6.45) is 2.85. The Morgan fingerprint density at radius 2 is 1.95 bits per heavy atom. The van der Waals surface area contributed by atoms with Gasteiger partial charge in [-0.1, -0.05) is 37.3 Å². The van der Waals surface area contributed by atoms with Gasteiger partial charge in [0.25, 0.3) is 0 Å². The van der Waals surface area contributed by atoms with Crippen molar-refractivity contribution in [2.75, 3.05) is 17.2 Å². The predicted octanol–water partition coefficient (Wildman–Crippen LogP) is 3.47. The number of hydrogen-bond acceptors (Lipinski definition) is 4. The number of anilines is 2. The van der Waals surface area contributed by atoms with E-state index in [9.17, 15) is 0 Å². The third-order valence-corrected chi connectivity index (χ3v) is 2.86. The Kier molecular flexibility index (Phi) is 4.72. The minimum atomic E-state index is 0.183.